The van der Waals surface area contributed by atoms with E-state index in [0.29, 0.717) is 6.42 Å². The third-order valence-corrected chi connectivity index (χ3v) is 8.59. The molecule has 2 atom stereocenters. The summed E-state index contributed by atoms with van der Waals surface area (Å²) in [5.41, 5.74) is 5.31. The van der Waals surface area contributed by atoms with Crippen molar-refractivity contribution in [1.82, 2.24) is 0 Å². The quantitative estimate of drug-likeness (QED) is 0.0169. The largest absolute Gasteiger partial charge is 0.472 e. The predicted octanol–water partition coefficient (Wildman–Crippen LogP) is 9.82. The summed E-state index contributed by atoms with van der Waals surface area (Å²) >= 11 is 0. The zero-order valence-corrected chi connectivity index (χ0v) is 30.7. The van der Waals surface area contributed by atoms with Gasteiger partial charge in [0.25, 0.3) is 0 Å². The average Bonchev–Trinajstić information content (AvgIpc) is 3.05. The van der Waals surface area contributed by atoms with Crippen LogP contribution in [0.1, 0.15) is 155 Å². The van der Waals surface area contributed by atoms with Crippen molar-refractivity contribution in [3.63, 3.8) is 0 Å². The van der Waals surface area contributed by atoms with Gasteiger partial charge in [0.2, 0.25) is 0 Å². The molecule has 1 unspecified atom stereocenters. The molecule has 10 heteroatoms. The van der Waals surface area contributed by atoms with Gasteiger partial charge in [-0.1, -0.05) is 141 Å². The van der Waals surface area contributed by atoms with Gasteiger partial charge in [-0.3, -0.25) is 13.8 Å². The summed E-state index contributed by atoms with van der Waals surface area (Å²) in [6, 6.07) is 0. The number of ether oxygens (including phenoxy) is 2. The fraction of sp³-hybridized carbons (Fsp3) is 0.784. The van der Waals surface area contributed by atoms with Crippen molar-refractivity contribution in [1.29, 1.82) is 0 Å². The van der Waals surface area contributed by atoms with Gasteiger partial charge in [0, 0.05) is 19.0 Å². The van der Waals surface area contributed by atoms with Gasteiger partial charge in [0.05, 0.1) is 13.2 Å². The highest BCUT2D eigenvalue weighted by Crippen LogP contribution is 2.43. The summed E-state index contributed by atoms with van der Waals surface area (Å²) in [4.78, 5) is 34.5. The van der Waals surface area contributed by atoms with E-state index >= 15 is 0 Å². The van der Waals surface area contributed by atoms with Crippen LogP contribution in [0.15, 0.2) is 36.5 Å². The van der Waals surface area contributed by atoms with E-state index in [2.05, 4.69) is 26.0 Å². The van der Waals surface area contributed by atoms with Crippen molar-refractivity contribution in [2.24, 2.45) is 5.73 Å². The normalized spacial score (nSPS) is 13.9. The molecule has 0 radical (unpaired) electrons. The maximum atomic E-state index is 12.4. The lowest BCUT2D eigenvalue weighted by atomic mass is 10.1. The maximum Gasteiger partial charge on any atom is 0.472 e. The molecule has 0 rings (SSSR count). The molecule has 0 fully saturated rings. The highest BCUT2D eigenvalue weighted by atomic mass is 31.2. The minimum atomic E-state index is -4.39. The van der Waals surface area contributed by atoms with Gasteiger partial charge in [-0.15, -0.1) is 0 Å². The van der Waals surface area contributed by atoms with Crippen LogP contribution in [0, 0.1) is 0 Å². The van der Waals surface area contributed by atoms with Crippen LogP contribution in [0.2, 0.25) is 0 Å². The van der Waals surface area contributed by atoms with Crippen molar-refractivity contribution in [2.75, 3.05) is 26.4 Å². The first kappa shape index (κ1) is 45.2. The second-order valence-corrected chi connectivity index (χ2v) is 13.6. The number of unbranched alkanes of at least 4 members (excludes halogenated alkanes) is 18. The smallest absolute Gasteiger partial charge is 0.462 e. The predicted molar refractivity (Wildman–Crippen MR) is 192 cm³/mol. The molecule has 0 heterocycles. The SMILES string of the molecule is CCCC/C=C/CCCCCCCC(=O)OC[C@H](COP(=O)(O)OCCN)OC(=O)/C=C/C=C/CCCCCCCCCCCCC. The van der Waals surface area contributed by atoms with Crippen LogP contribution >= 0.6 is 7.82 Å². The molecule has 0 saturated carbocycles. The average molecular weight is 686 g/mol. The Kier molecular flexibility index (Phi) is 32.8. The molecule has 0 aromatic heterocycles. The number of carbonyl (C=O) groups excluding carboxylic acids is 2. The fourth-order valence-electron chi connectivity index (χ4n) is 4.82. The number of carbonyl (C=O) groups is 2. The molecule has 0 aromatic rings. The monoisotopic (exact) mass is 685 g/mol. The molecule has 0 bridgehead atoms. The number of phosphoric ester groups is 1. The Morgan fingerprint density at radius 2 is 1.21 bits per heavy atom. The lowest BCUT2D eigenvalue weighted by Crippen LogP contribution is -2.29. The Labute approximate surface area is 286 Å². The van der Waals surface area contributed by atoms with E-state index < -0.39 is 32.5 Å². The van der Waals surface area contributed by atoms with Crippen LogP contribution in [0.5, 0.6) is 0 Å². The number of hydrogen-bond acceptors (Lipinski definition) is 8. The van der Waals surface area contributed by atoms with Gasteiger partial charge in [-0.2, -0.15) is 0 Å². The van der Waals surface area contributed by atoms with E-state index in [0.717, 1.165) is 51.4 Å². The molecule has 3 N–H and O–H groups in total. The minimum Gasteiger partial charge on any atom is -0.462 e. The first-order chi connectivity index (χ1) is 22.8. The molecule has 47 heavy (non-hydrogen) atoms. The summed E-state index contributed by atoms with van der Waals surface area (Å²) in [6.07, 6.45) is 35.3. The van der Waals surface area contributed by atoms with Gasteiger partial charge >= 0.3 is 19.8 Å². The van der Waals surface area contributed by atoms with Crippen LogP contribution in [0.25, 0.3) is 0 Å². The van der Waals surface area contributed by atoms with Crippen LogP contribution in [-0.2, 0) is 32.7 Å². The summed E-state index contributed by atoms with van der Waals surface area (Å²) in [6.45, 7) is 3.54. The van der Waals surface area contributed by atoms with Crippen LogP contribution < -0.4 is 5.73 Å². The lowest BCUT2D eigenvalue weighted by molar-refractivity contribution is -0.157. The molecule has 0 aliphatic carbocycles. The summed E-state index contributed by atoms with van der Waals surface area (Å²) in [7, 11) is -4.39. The zero-order chi connectivity index (χ0) is 34.7. The van der Waals surface area contributed by atoms with Gasteiger partial charge in [0.1, 0.15) is 6.61 Å². The molecular weight excluding hydrogens is 617 g/mol. The van der Waals surface area contributed by atoms with Gasteiger partial charge in [0.15, 0.2) is 6.10 Å². The summed E-state index contributed by atoms with van der Waals surface area (Å²) in [5.74, 6) is -1.10. The van der Waals surface area contributed by atoms with Crippen molar-refractivity contribution in [3.8, 4) is 0 Å². The third kappa shape index (κ3) is 33.9. The zero-order valence-electron chi connectivity index (χ0n) is 29.8. The second kappa shape index (κ2) is 34.1. The Balaban J connectivity index is 4.37. The fourth-order valence-corrected chi connectivity index (χ4v) is 5.58. The third-order valence-electron chi connectivity index (χ3n) is 7.61. The maximum absolute atomic E-state index is 12.4. The standard InChI is InChI=1S/C37H68NO8P/c1-3-5-7-9-11-13-15-16-17-18-20-22-24-26-28-30-37(40)46-35(34-45-47(41,42)44-32-31-38)33-43-36(39)29-27-25-23-21-19-14-12-10-8-6-4-2/h10,12,24,26,28,30,35H,3-9,11,13-23,25,27,29,31-34,38H2,1-2H3,(H,41,42)/b12-10+,26-24+,30-28+/t35-/m1/s1. The molecule has 0 amide bonds. The van der Waals surface area contributed by atoms with Gasteiger partial charge in [-0.25, -0.2) is 9.36 Å². The van der Waals surface area contributed by atoms with Crippen LogP contribution in [0.4, 0.5) is 0 Å². The molecule has 0 aromatic carbocycles. The number of hydrogen-bond donors (Lipinski definition) is 2. The molecule has 9 nitrogen and oxygen atoms in total. The molecule has 0 aliphatic heterocycles. The highest BCUT2D eigenvalue weighted by Gasteiger charge is 2.25. The van der Waals surface area contributed by atoms with E-state index in [9.17, 15) is 19.0 Å². The van der Waals surface area contributed by atoms with Crippen molar-refractivity contribution in [3.05, 3.63) is 36.5 Å². The van der Waals surface area contributed by atoms with Crippen molar-refractivity contribution < 1.29 is 37.6 Å². The number of allylic oxidation sites excluding steroid dienone is 5. The summed E-state index contributed by atoms with van der Waals surface area (Å²) < 4.78 is 32.4. The van der Waals surface area contributed by atoms with Crippen LogP contribution in [0.3, 0.4) is 0 Å². The number of phosphoric acid groups is 1. The highest BCUT2D eigenvalue weighted by molar-refractivity contribution is 7.47. The summed E-state index contributed by atoms with van der Waals surface area (Å²) in [5, 5.41) is 0. The number of rotatable bonds is 34. The Morgan fingerprint density at radius 1 is 0.681 bits per heavy atom. The van der Waals surface area contributed by atoms with E-state index in [-0.39, 0.29) is 26.2 Å². The van der Waals surface area contributed by atoms with Crippen LogP contribution in [-0.4, -0.2) is 49.3 Å². The number of nitrogens with two attached hydrogens (primary N) is 1. The first-order valence-electron chi connectivity index (χ1n) is 18.5. The topological polar surface area (TPSA) is 134 Å². The molecule has 274 valence electrons. The molecule has 0 aliphatic rings. The number of esters is 2. The Bertz CT molecular complexity index is 876. The molecular formula is C37H68NO8P. The minimum absolute atomic E-state index is 0.0393. The van der Waals surface area contributed by atoms with Gasteiger partial charge in [-0.05, 0) is 38.5 Å². The van der Waals surface area contributed by atoms with Crippen molar-refractivity contribution >= 4 is 19.8 Å². The first-order valence-corrected chi connectivity index (χ1v) is 20.0. The van der Waals surface area contributed by atoms with E-state index in [1.807, 2.05) is 6.08 Å². The second-order valence-electron chi connectivity index (χ2n) is 12.2. The van der Waals surface area contributed by atoms with Crippen molar-refractivity contribution in [2.45, 2.75) is 161 Å². The van der Waals surface area contributed by atoms with E-state index in [1.54, 1.807) is 12.2 Å². The van der Waals surface area contributed by atoms with E-state index in [4.69, 9.17) is 24.3 Å². The molecule has 0 spiro atoms. The Morgan fingerprint density at radius 3 is 1.81 bits per heavy atom. The van der Waals surface area contributed by atoms with E-state index in [1.165, 1.54) is 83.1 Å². The van der Waals surface area contributed by atoms with Gasteiger partial charge < -0.3 is 20.1 Å². The lowest BCUT2D eigenvalue weighted by Gasteiger charge is -2.19. The molecule has 0 saturated heterocycles. The Hall–Kier alpha value is -1.77.